The molecule has 0 aromatic carbocycles. The molecule has 1 heteroatoms. The number of allylic oxidation sites excluding steroid dienone is 4. The monoisotopic (exact) mass is 196 g/mol. The molecule has 0 bridgehead atoms. The third-order valence-corrected chi connectivity index (χ3v) is 3.00. The van der Waals surface area contributed by atoms with Gasteiger partial charge in [-0.1, -0.05) is 32.4 Å². The van der Waals surface area contributed by atoms with Crippen LogP contribution in [0.25, 0.3) is 0 Å². The van der Waals surface area contributed by atoms with Crippen molar-refractivity contribution in [3.63, 3.8) is 0 Å². The molecule has 80 valence electrons. The van der Waals surface area contributed by atoms with Gasteiger partial charge in [-0.05, 0) is 43.6 Å². The highest BCUT2D eigenvalue weighted by atomic mass is 19.1. The van der Waals surface area contributed by atoms with Crippen LogP contribution in [-0.4, -0.2) is 0 Å². The van der Waals surface area contributed by atoms with Crippen molar-refractivity contribution in [2.75, 3.05) is 0 Å². The van der Waals surface area contributed by atoms with Crippen molar-refractivity contribution in [2.45, 2.75) is 52.9 Å². The van der Waals surface area contributed by atoms with Crippen LogP contribution in [0, 0.1) is 5.92 Å². The maximum absolute atomic E-state index is 13.6. The molecule has 0 N–H and O–H groups in total. The van der Waals surface area contributed by atoms with E-state index in [1.54, 1.807) is 0 Å². The summed E-state index contributed by atoms with van der Waals surface area (Å²) in [6, 6.07) is 0. The Hall–Kier alpha value is -0.590. The van der Waals surface area contributed by atoms with Gasteiger partial charge >= 0.3 is 0 Å². The Morgan fingerprint density at radius 3 is 2.64 bits per heavy atom. The van der Waals surface area contributed by atoms with E-state index in [9.17, 15) is 4.39 Å². The summed E-state index contributed by atoms with van der Waals surface area (Å²) < 4.78 is 13.6. The summed E-state index contributed by atoms with van der Waals surface area (Å²) in [5.41, 5.74) is 2.51. The van der Waals surface area contributed by atoms with E-state index in [0.29, 0.717) is 12.3 Å². The van der Waals surface area contributed by atoms with Crippen molar-refractivity contribution < 1.29 is 4.39 Å². The third-order valence-electron chi connectivity index (χ3n) is 3.00. The summed E-state index contributed by atoms with van der Waals surface area (Å²) in [5, 5.41) is 0. The Labute approximate surface area is 86.9 Å². The van der Waals surface area contributed by atoms with Gasteiger partial charge in [0.25, 0.3) is 0 Å². The molecule has 0 nitrogen and oxygen atoms in total. The van der Waals surface area contributed by atoms with Gasteiger partial charge in [0.2, 0.25) is 0 Å². The third kappa shape index (κ3) is 2.97. The van der Waals surface area contributed by atoms with E-state index >= 15 is 0 Å². The van der Waals surface area contributed by atoms with Gasteiger partial charge in [-0.25, -0.2) is 4.39 Å². The van der Waals surface area contributed by atoms with E-state index in [-0.39, 0.29) is 5.83 Å². The zero-order valence-corrected chi connectivity index (χ0v) is 9.57. The molecule has 0 saturated carbocycles. The Morgan fingerprint density at radius 2 is 2.07 bits per heavy atom. The van der Waals surface area contributed by atoms with Crippen LogP contribution in [0.5, 0.6) is 0 Å². The standard InChI is InChI=1S/C13H21F/c1-4-11-6-5-7-13(14)12(9-8-11)10(2)3/h8,10H,4-7,9H2,1-3H3/b11-8-,13-12-. The summed E-state index contributed by atoms with van der Waals surface area (Å²) in [7, 11) is 0. The lowest BCUT2D eigenvalue weighted by molar-refractivity contribution is 0.529. The minimum atomic E-state index is 0.145. The van der Waals surface area contributed by atoms with Crippen molar-refractivity contribution in [1.29, 1.82) is 0 Å². The summed E-state index contributed by atoms with van der Waals surface area (Å²) in [5.74, 6) is 0.494. The lowest BCUT2D eigenvalue weighted by Gasteiger charge is -2.16. The van der Waals surface area contributed by atoms with E-state index in [0.717, 1.165) is 31.3 Å². The van der Waals surface area contributed by atoms with Crippen molar-refractivity contribution >= 4 is 0 Å². The van der Waals surface area contributed by atoms with Gasteiger partial charge in [-0.2, -0.15) is 0 Å². The zero-order chi connectivity index (χ0) is 10.6. The van der Waals surface area contributed by atoms with Gasteiger partial charge in [-0.15, -0.1) is 0 Å². The van der Waals surface area contributed by atoms with E-state index in [1.807, 2.05) is 0 Å². The SMILES string of the molecule is CC/C1=C/C/C(C(C)C)=C(/F)CCC1. The molecule has 0 aliphatic heterocycles. The van der Waals surface area contributed by atoms with Crippen LogP contribution < -0.4 is 0 Å². The fraction of sp³-hybridized carbons (Fsp3) is 0.692. The first-order valence-corrected chi connectivity index (χ1v) is 5.70. The van der Waals surface area contributed by atoms with E-state index < -0.39 is 0 Å². The van der Waals surface area contributed by atoms with Crippen LogP contribution in [0.2, 0.25) is 0 Å². The van der Waals surface area contributed by atoms with Gasteiger partial charge in [0.05, 0.1) is 5.83 Å². The fourth-order valence-corrected chi connectivity index (χ4v) is 1.97. The molecule has 1 aliphatic carbocycles. The highest BCUT2D eigenvalue weighted by Gasteiger charge is 2.12. The second kappa shape index (κ2) is 5.33. The molecule has 0 saturated heterocycles. The zero-order valence-electron chi connectivity index (χ0n) is 9.57. The fourth-order valence-electron chi connectivity index (χ4n) is 1.97. The van der Waals surface area contributed by atoms with Crippen molar-refractivity contribution in [2.24, 2.45) is 5.92 Å². The van der Waals surface area contributed by atoms with Crippen molar-refractivity contribution in [3.05, 3.63) is 23.0 Å². The predicted molar refractivity (Wildman–Crippen MR) is 59.8 cm³/mol. The maximum Gasteiger partial charge on any atom is 0.0997 e. The summed E-state index contributed by atoms with van der Waals surface area (Å²) >= 11 is 0. The summed E-state index contributed by atoms with van der Waals surface area (Å²) in [6.07, 6.45) is 6.87. The Morgan fingerprint density at radius 1 is 1.36 bits per heavy atom. The maximum atomic E-state index is 13.6. The average molecular weight is 196 g/mol. The average Bonchev–Trinajstić information content (AvgIpc) is 2.10. The van der Waals surface area contributed by atoms with Gasteiger partial charge in [0.1, 0.15) is 0 Å². The smallest absolute Gasteiger partial charge is 0.0997 e. The number of rotatable bonds is 2. The Kier molecular flexibility index (Phi) is 4.37. The van der Waals surface area contributed by atoms with E-state index in [1.165, 1.54) is 5.57 Å². The van der Waals surface area contributed by atoms with E-state index in [2.05, 4.69) is 26.8 Å². The topological polar surface area (TPSA) is 0 Å². The number of hydrogen-bond donors (Lipinski definition) is 0. The second-order valence-corrected chi connectivity index (χ2v) is 4.36. The van der Waals surface area contributed by atoms with Gasteiger partial charge < -0.3 is 0 Å². The van der Waals surface area contributed by atoms with Crippen molar-refractivity contribution in [3.8, 4) is 0 Å². The Balaban J connectivity index is 2.80. The summed E-state index contributed by atoms with van der Waals surface area (Å²) in [6.45, 7) is 6.34. The number of hydrogen-bond acceptors (Lipinski definition) is 0. The van der Waals surface area contributed by atoms with Crippen LogP contribution >= 0.6 is 0 Å². The number of halogens is 1. The predicted octanol–water partition coefficient (Wildman–Crippen LogP) is 4.78. The molecule has 0 radical (unpaired) electrons. The van der Waals surface area contributed by atoms with Gasteiger partial charge in [-0.3, -0.25) is 0 Å². The molecule has 0 atom stereocenters. The first-order chi connectivity index (χ1) is 6.65. The molecule has 0 unspecified atom stereocenters. The molecular formula is C13H21F. The molecule has 0 fully saturated rings. The van der Waals surface area contributed by atoms with Crippen LogP contribution in [0.15, 0.2) is 23.0 Å². The Bertz CT molecular complexity index is 246. The van der Waals surface area contributed by atoms with Crippen LogP contribution in [0.3, 0.4) is 0 Å². The van der Waals surface area contributed by atoms with E-state index in [4.69, 9.17) is 0 Å². The minimum Gasteiger partial charge on any atom is -0.212 e. The highest BCUT2D eigenvalue weighted by molar-refractivity contribution is 5.19. The van der Waals surface area contributed by atoms with Crippen LogP contribution in [0.1, 0.15) is 52.9 Å². The quantitative estimate of drug-likeness (QED) is 0.558. The second-order valence-electron chi connectivity index (χ2n) is 4.36. The molecule has 14 heavy (non-hydrogen) atoms. The highest BCUT2D eigenvalue weighted by Crippen LogP contribution is 2.28. The minimum absolute atomic E-state index is 0.145. The largest absolute Gasteiger partial charge is 0.212 e. The first kappa shape index (κ1) is 11.5. The molecule has 1 aliphatic rings. The summed E-state index contributed by atoms with van der Waals surface area (Å²) in [4.78, 5) is 0. The molecule has 0 heterocycles. The molecule has 0 spiro atoms. The molecule has 0 aromatic heterocycles. The molecule has 0 aromatic rings. The molecule has 1 rings (SSSR count). The normalized spacial score (nSPS) is 28.2. The molecule has 0 amide bonds. The van der Waals surface area contributed by atoms with Gasteiger partial charge in [0, 0.05) is 0 Å². The molecular weight excluding hydrogens is 175 g/mol. The van der Waals surface area contributed by atoms with Gasteiger partial charge in [0.15, 0.2) is 0 Å². The van der Waals surface area contributed by atoms with Crippen molar-refractivity contribution in [1.82, 2.24) is 0 Å². The first-order valence-electron chi connectivity index (χ1n) is 5.70. The lowest BCUT2D eigenvalue weighted by atomic mass is 9.92. The lowest BCUT2D eigenvalue weighted by Crippen LogP contribution is -2.00. The van der Waals surface area contributed by atoms with Crippen LogP contribution in [0.4, 0.5) is 4.39 Å². The van der Waals surface area contributed by atoms with Crippen LogP contribution in [-0.2, 0) is 0 Å².